The summed E-state index contributed by atoms with van der Waals surface area (Å²) in [7, 11) is -3.94. The Kier molecular flexibility index (Phi) is 3.67. The smallest absolute Gasteiger partial charge is 0.247 e. The lowest BCUT2D eigenvalue weighted by Crippen LogP contribution is -2.65. The Morgan fingerprint density at radius 3 is 2.43 bits per heavy atom. The predicted molar refractivity (Wildman–Crippen MR) is 77.0 cm³/mol. The molecule has 0 radical (unpaired) electrons. The summed E-state index contributed by atoms with van der Waals surface area (Å²) < 4.78 is 26.7. The van der Waals surface area contributed by atoms with Gasteiger partial charge in [-0.05, 0) is 44.9 Å². The number of amides is 2. The Bertz CT molecular complexity index is 722. The molecule has 0 bridgehead atoms. The van der Waals surface area contributed by atoms with Crippen molar-refractivity contribution in [3.63, 3.8) is 0 Å². The van der Waals surface area contributed by atoms with Gasteiger partial charge in [0.1, 0.15) is 5.54 Å². The normalized spacial score (nSPS) is 19.4. The van der Waals surface area contributed by atoms with Gasteiger partial charge >= 0.3 is 0 Å². The standard InChI is InChI=1S/C14H18N2O4S/c1-9-5-6-10(2)11(7-9)21(19,20)16-8-12(17)15-13(18)14(16,3)4/h5-7H,8H2,1-4H3,(H,15,17,18). The Morgan fingerprint density at radius 2 is 1.81 bits per heavy atom. The molecule has 0 spiro atoms. The van der Waals surface area contributed by atoms with Crippen LogP contribution in [0, 0.1) is 13.8 Å². The minimum absolute atomic E-state index is 0.123. The molecule has 1 saturated heterocycles. The lowest BCUT2D eigenvalue weighted by atomic mass is 10.0. The van der Waals surface area contributed by atoms with Crippen LogP contribution in [0.15, 0.2) is 23.1 Å². The third kappa shape index (κ3) is 2.58. The van der Waals surface area contributed by atoms with E-state index in [0.717, 1.165) is 9.87 Å². The highest BCUT2D eigenvalue weighted by Crippen LogP contribution is 2.29. The van der Waals surface area contributed by atoms with Gasteiger partial charge in [-0.1, -0.05) is 12.1 Å². The summed E-state index contributed by atoms with van der Waals surface area (Å²) >= 11 is 0. The number of rotatable bonds is 2. The molecule has 1 fully saturated rings. The summed E-state index contributed by atoms with van der Waals surface area (Å²) in [6.45, 7) is 6.08. The quantitative estimate of drug-likeness (QED) is 0.816. The predicted octanol–water partition coefficient (Wildman–Crippen LogP) is 0.729. The maximum absolute atomic E-state index is 12.9. The van der Waals surface area contributed by atoms with E-state index in [4.69, 9.17) is 0 Å². The van der Waals surface area contributed by atoms with Crippen LogP contribution >= 0.6 is 0 Å². The van der Waals surface area contributed by atoms with Gasteiger partial charge in [-0.2, -0.15) is 4.31 Å². The van der Waals surface area contributed by atoms with Crippen LogP contribution in [-0.2, 0) is 19.6 Å². The van der Waals surface area contributed by atoms with Gasteiger partial charge in [0.15, 0.2) is 0 Å². The topological polar surface area (TPSA) is 83.6 Å². The van der Waals surface area contributed by atoms with Crippen molar-refractivity contribution in [2.45, 2.75) is 38.1 Å². The zero-order valence-corrected chi connectivity index (χ0v) is 13.2. The summed E-state index contributed by atoms with van der Waals surface area (Å²) in [5.74, 6) is -1.24. The first-order valence-electron chi connectivity index (χ1n) is 6.51. The molecule has 0 saturated carbocycles. The average molecular weight is 310 g/mol. The van der Waals surface area contributed by atoms with Gasteiger partial charge in [0, 0.05) is 0 Å². The molecule has 114 valence electrons. The number of carbonyl (C=O) groups is 2. The Morgan fingerprint density at radius 1 is 1.19 bits per heavy atom. The van der Waals surface area contributed by atoms with Crippen molar-refractivity contribution >= 4 is 21.8 Å². The van der Waals surface area contributed by atoms with Crippen molar-refractivity contribution in [2.75, 3.05) is 6.54 Å². The first-order chi connectivity index (χ1) is 9.56. The second kappa shape index (κ2) is 4.92. The number of hydrogen-bond donors (Lipinski definition) is 1. The van der Waals surface area contributed by atoms with E-state index in [9.17, 15) is 18.0 Å². The fourth-order valence-corrected chi connectivity index (χ4v) is 4.27. The number of piperazine rings is 1. The van der Waals surface area contributed by atoms with Crippen molar-refractivity contribution in [2.24, 2.45) is 0 Å². The molecule has 1 aliphatic rings. The third-order valence-corrected chi connectivity index (χ3v) is 5.79. The minimum Gasteiger partial charge on any atom is -0.294 e. The molecule has 1 N–H and O–H groups in total. The summed E-state index contributed by atoms with van der Waals surface area (Å²) in [6, 6.07) is 5.08. The summed E-state index contributed by atoms with van der Waals surface area (Å²) in [4.78, 5) is 23.6. The molecular formula is C14H18N2O4S. The maximum atomic E-state index is 12.9. The van der Waals surface area contributed by atoms with E-state index >= 15 is 0 Å². The second-order valence-corrected chi connectivity index (χ2v) is 7.55. The number of nitrogens with one attached hydrogen (secondary N) is 1. The van der Waals surface area contributed by atoms with Crippen LogP contribution in [0.1, 0.15) is 25.0 Å². The largest absolute Gasteiger partial charge is 0.294 e. The van der Waals surface area contributed by atoms with Crippen LogP contribution in [0.5, 0.6) is 0 Å². The van der Waals surface area contributed by atoms with Gasteiger partial charge in [-0.25, -0.2) is 8.42 Å². The SMILES string of the molecule is Cc1ccc(C)c(S(=O)(=O)N2CC(=O)NC(=O)C2(C)C)c1. The number of aryl methyl sites for hydroxylation is 2. The number of benzene rings is 1. The number of hydrogen-bond acceptors (Lipinski definition) is 4. The molecule has 0 atom stereocenters. The van der Waals surface area contributed by atoms with Crippen molar-refractivity contribution in [3.8, 4) is 0 Å². The van der Waals surface area contributed by atoms with Gasteiger partial charge in [0.25, 0.3) is 0 Å². The fourth-order valence-electron chi connectivity index (χ4n) is 2.25. The second-order valence-electron chi connectivity index (χ2n) is 5.72. The van der Waals surface area contributed by atoms with E-state index in [0.29, 0.717) is 5.56 Å². The van der Waals surface area contributed by atoms with Crippen LogP contribution in [0.3, 0.4) is 0 Å². The van der Waals surface area contributed by atoms with Crippen LogP contribution in [0.4, 0.5) is 0 Å². The van der Waals surface area contributed by atoms with Gasteiger partial charge in [-0.3, -0.25) is 14.9 Å². The lowest BCUT2D eigenvalue weighted by molar-refractivity contribution is -0.141. The highest BCUT2D eigenvalue weighted by molar-refractivity contribution is 7.89. The van der Waals surface area contributed by atoms with Crippen LogP contribution < -0.4 is 5.32 Å². The first kappa shape index (κ1) is 15.7. The molecule has 0 aromatic heterocycles. The van der Waals surface area contributed by atoms with Crippen LogP contribution in [0.2, 0.25) is 0 Å². The van der Waals surface area contributed by atoms with E-state index in [1.165, 1.54) is 13.8 Å². The molecular weight excluding hydrogens is 292 g/mol. The molecule has 0 unspecified atom stereocenters. The van der Waals surface area contributed by atoms with E-state index < -0.39 is 27.4 Å². The summed E-state index contributed by atoms with van der Waals surface area (Å²) in [6.07, 6.45) is 0. The number of carbonyl (C=O) groups excluding carboxylic acids is 2. The molecule has 2 amide bonds. The molecule has 1 aromatic carbocycles. The number of nitrogens with zero attached hydrogens (tertiary/aromatic N) is 1. The van der Waals surface area contributed by atoms with Gasteiger partial charge in [0.2, 0.25) is 21.8 Å². The molecule has 6 nitrogen and oxygen atoms in total. The van der Waals surface area contributed by atoms with E-state index in [-0.39, 0.29) is 11.4 Å². The van der Waals surface area contributed by atoms with E-state index in [1.807, 2.05) is 6.07 Å². The lowest BCUT2D eigenvalue weighted by Gasteiger charge is -2.39. The monoisotopic (exact) mass is 310 g/mol. The van der Waals surface area contributed by atoms with Crippen molar-refractivity contribution < 1.29 is 18.0 Å². The Hall–Kier alpha value is -1.73. The maximum Gasteiger partial charge on any atom is 0.247 e. The van der Waals surface area contributed by atoms with Crippen molar-refractivity contribution in [3.05, 3.63) is 29.3 Å². The highest BCUT2D eigenvalue weighted by Gasteiger charge is 2.47. The Balaban J connectivity index is 2.59. The molecule has 7 heteroatoms. The fraction of sp³-hybridized carbons (Fsp3) is 0.429. The van der Waals surface area contributed by atoms with Crippen molar-refractivity contribution in [1.29, 1.82) is 0 Å². The minimum atomic E-state index is -3.94. The third-order valence-electron chi connectivity index (χ3n) is 3.63. The molecule has 1 heterocycles. The summed E-state index contributed by atoms with van der Waals surface area (Å²) in [5, 5.41) is 2.17. The highest BCUT2D eigenvalue weighted by atomic mass is 32.2. The zero-order valence-electron chi connectivity index (χ0n) is 12.4. The first-order valence-corrected chi connectivity index (χ1v) is 7.95. The van der Waals surface area contributed by atoms with Crippen LogP contribution in [0.25, 0.3) is 0 Å². The summed E-state index contributed by atoms with van der Waals surface area (Å²) in [5.41, 5.74) is 0.0581. The molecule has 21 heavy (non-hydrogen) atoms. The van der Waals surface area contributed by atoms with Gasteiger partial charge in [0.05, 0.1) is 11.4 Å². The van der Waals surface area contributed by atoms with Crippen molar-refractivity contribution in [1.82, 2.24) is 9.62 Å². The number of imide groups is 1. The van der Waals surface area contributed by atoms with Gasteiger partial charge < -0.3 is 0 Å². The zero-order chi connectivity index (χ0) is 16.0. The Labute approximate surface area is 124 Å². The molecule has 0 aliphatic carbocycles. The van der Waals surface area contributed by atoms with Gasteiger partial charge in [-0.15, -0.1) is 0 Å². The number of sulfonamides is 1. The van der Waals surface area contributed by atoms with Crippen LogP contribution in [-0.4, -0.2) is 36.6 Å². The molecule has 1 aromatic rings. The van der Waals surface area contributed by atoms with E-state index in [2.05, 4.69) is 5.32 Å². The van der Waals surface area contributed by atoms with E-state index in [1.54, 1.807) is 26.0 Å². The molecule has 1 aliphatic heterocycles. The average Bonchev–Trinajstić information content (AvgIpc) is 2.36. The molecule has 2 rings (SSSR count).